The standard InChI is InChI=1S/C21H34O2/c1-7-17(9-11-19(22)8-2)18-10-12-21(23-14-15(3)4)20(13-18)16(5)6/h10,12-13,15-17H,7-9,11,14H2,1-6H3. The molecule has 0 fully saturated rings. The van der Waals surface area contributed by atoms with Crippen molar-refractivity contribution in [3.05, 3.63) is 29.3 Å². The lowest BCUT2D eigenvalue weighted by atomic mass is 9.88. The van der Waals surface area contributed by atoms with E-state index in [0.717, 1.165) is 25.2 Å². The summed E-state index contributed by atoms with van der Waals surface area (Å²) in [4.78, 5) is 11.6. The zero-order valence-corrected chi connectivity index (χ0v) is 15.8. The van der Waals surface area contributed by atoms with E-state index in [4.69, 9.17) is 4.74 Å². The summed E-state index contributed by atoms with van der Waals surface area (Å²) in [6.45, 7) is 13.7. The van der Waals surface area contributed by atoms with E-state index >= 15 is 0 Å². The van der Waals surface area contributed by atoms with Crippen molar-refractivity contribution in [2.24, 2.45) is 5.92 Å². The maximum atomic E-state index is 11.6. The summed E-state index contributed by atoms with van der Waals surface area (Å²) >= 11 is 0. The van der Waals surface area contributed by atoms with Gasteiger partial charge in [-0.2, -0.15) is 0 Å². The molecule has 0 spiro atoms. The third kappa shape index (κ3) is 6.37. The number of Topliss-reactive ketones (excluding diaryl/α,β-unsaturated/α-hetero) is 1. The van der Waals surface area contributed by atoms with Gasteiger partial charge in [0.15, 0.2) is 0 Å². The number of rotatable bonds is 10. The van der Waals surface area contributed by atoms with Crippen LogP contribution >= 0.6 is 0 Å². The first-order chi connectivity index (χ1) is 10.9. The summed E-state index contributed by atoms with van der Waals surface area (Å²) in [5, 5.41) is 0. The number of hydrogen-bond acceptors (Lipinski definition) is 2. The van der Waals surface area contributed by atoms with Gasteiger partial charge in [0.25, 0.3) is 0 Å². The normalized spacial score (nSPS) is 12.7. The van der Waals surface area contributed by atoms with Gasteiger partial charge in [-0.15, -0.1) is 0 Å². The molecule has 0 N–H and O–H groups in total. The molecule has 0 saturated heterocycles. The Kier molecular flexibility index (Phi) is 8.36. The molecule has 1 aromatic rings. The molecule has 2 nitrogen and oxygen atoms in total. The number of benzene rings is 1. The van der Waals surface area contributed by atoms with Crippen LogP contribution in [-0.2, 0) is 4.79 Å². The Hall–Kier alpha value is -1.31. The van der Waals surface area contributed by atoms with Gasteiger partial charge in [0.1, 0.15) is 11.5 Å². The predicted octanol–water partition coefficient (Wildman–Crippen LogP) is 6.10. The van der Waals surface area contributed by atoms with Crippen molar-refractivity contribution in [3.63, 3.8) is 0 Å². The van der Waals surface area contributed by atoms with E-state index in [-0.39, 0.29) is 0 Å². The highest BCUT2D eigenvalue weighted by atomic mass is 16.5. The zero-order valence-electron chi connectivity index (χ0n) is 15.8. The number of ketones is 1. The summed E-state index contributed by atoms with van der Waals surface area (Å²) < 4.78 is 5.99. The molecule has 0 radical (unpaired) electrons. The maximum absolute atomic E-state index is 11.6. The van der Waals surface area contributed by atoms with E-state index in [0.29, 0.717) is 36.4 Å². The molecule has 1 rings (SSSR count). The van der Waals surface area contributed by atoms with Gasteiger partial charge in [0.2, 0.25) is 0 Å². The zero-order chi connectivity index (χ0) is 17.4. The van der Waals surface area contributed by atoms with Crippen LogP contribution in [0.5, 0.6) is 5.75 Å². The number of carbonyl (C=O) groups excluding carboxylic acids is 1. The first-order valence-electron chi connectivity index (χ1n) is 9.17. The highest BCUT2D eigenvalue weighted by Gasteiger charge is 2.15. The molecule has 1 aromatic carbocycles. The van der Waals surface area contributed by atoms with Crippen LogP contribution in [0, 0.1) is 5.92 Å². The molecular formula is C21H34O2. The molecule has 0 aliphatic heterocycles. The van der Waals surface area contributed by atoms with Crippen LogP contribution in [0.1, 0.15) is 90.2 Å². The Balaban J connectivity index is 2.93. The Bertz CT molecular complexity index is 489. The SMILES string of the molecule is CCC(=O)CCC(CC)c1ccc(OCC(C)C)c(C(C)C)c1. The van der Waals surface area contributed by atoms with Gasteiger partial charge in [0.05, 0.1) is 6.61 Å². The number of carbonyl (C=O) groups is 1. The Morgan fingerprint density at radius 3 is 2.35 bits per heavy atom. The molecule has 130 valence electrons. The molecule has 1 atom stereocenters. The summed E-state index contributed by atoms with van der Waals surface area (Å²) in [7, 11) is 0. The van der Waals surface area contributed by atoms with Crippen molar-refractivity contribution in [1.82, 2.24) is 0 Å². The molecule has 0 aromatic heterocycles. The lowest BCUT2D eigenvalue weighted by Crippen LogP contribution is -2.08. The third-order valence-corrected chi connectivity index (χ3v) is 4.36. The van der Waals surface area contributed by atoms with Gasteiger partial charge >= 0.3 is 0 Å². The van der Waals surface area contributed by atoms with Gasteiger partial charge < -0.3 is 4.74 Å². The Morgan fingerprint density at radius 1 is 1.13 bits per heavy atom. The van der Waals surface area contributed by atoms with Crippen LogP contribution in [-0.4, -0.2) is 12.4 Å². The van der Waals surface area contributed by atoms with Gasteiger partial charge in [-0.25, -0.2) is 0 Å². The summed E-state index contributed by atoms with van der Waals surface area (Å²) in [6, 6.07) is 6.61. The second-order valence-corrected chi connectivity index (χ2v) is 7.19. The van der Waals surface area contributed by atoms with Crippen molar-refractivity contribution in [2.45, 2.75) is 79.1 Å². The van der Waals surface area contributed by atoms with Crippen LogP contribution in [0.15, 0.2) is 18.2 Å². The number of ether oxygens (including phenoxy) is 1. The molecule has 0 saturated carbocycles. The third-order valence-electron chi connectivity index (χ3n) is 4.36. The molecule has 2 heteroatoms. The fourth-order valence-electron chi connectivity index (χ4n) is 2.78. The smallest absolute Gasteiger partial charge is 0.132 e. The summed E-state index contributed by atoms with van der Waals surface area (Å²) in [5.74, 6) is 2.80. The van der Waals surface area contributed by atoms with Crippen LogP contribution in [0.3, 0.4) is 0 Å². The topological polar surface area (TPSA) is 26.3 Å². The molecule has 0 heterocycles. The predicted molar refractivity (Wildman–Crippen MR) is 98.4 cm³/mol. The fraction of sp³-hybridized carbons (Fsp3) is 0.667. The average molecular weight is 319 g/mol. The van der Waals surface area contributed by atoms with E-state index in [1.807, 2.05) is 6.92 Å². The average Bonchev–Trinajstić information content (AvgIpc) is 2.53. The van der Waals surface area contributed by atoms with Crippen molar-refractivity contribution in [1.29, 1.82) is 0 Å². The molecule has 0 amide bonds. The van der Waals surface area contributed by atoms with Gasteiger partial charge in [-0.3, -0.25) is 4.79 Å². The Morgan fingerprint density at radius 2 is 1.83 bits per heavy atom. The lowest BCUT2D eigenvalue weighted by Gasteiger charge is -2.20. The van der Waals surface area contributed by atoms with E-state index < -0.39 is 0 Å². The first-order valence-corrected chi connectivity index (χ1v) is 9.17. The van der Waals surface area contributed by atoms with E-state index in [9.17, 15) is 4.79 Å². The van der Waals surface area contributed by atoms with E-state index in [1.165, 1.54) is 11.1 Å². The summed E-state index contributed by atoms with van der Waals surface area (Å²) in [5.41, 5.74) is 2.63. The second-order valence-electron chi connectivity index (χ2n) is 7.19. The van der Waals surface area contributed by atoms with Gasteiger partial charge in [-0.05, 0) is 47.8 Å². The van der Waals surface area contributed by atoms with Crippen LogP contribution in [0.25, 0.3) is 0 Å². The lowest BCUT2D eigenvalue weighted by molar-refractivity contribution is -0.118. The van der Waals surface area contributed by atoms with Crippen LogP contribution in [0.2, 0.25) is 0 Å². The minimum Gasteiger partial charge on any atom is -0.493 e. The van der Waals surface area contributed by atoms with Crippen LogP contribution in [0.4, 0.5) is 0 Å². The first kappa shape index (κ1) is 19.7. The van der Waals surface area contributed by atoms with Gasteiger partial charge in [-0.1, -0.05) is 53.7 Å². The van der Waals surface area contributed by atoms with Crippen molar-refractivity contribution in [2.75, 3.05) is 6.61 Å². The second kappa shape index (κ2) is 9.75. The van der Waals surface area contributed by atoms with E-state index in [1.54, 1.807) is 0 Å². The minimum absolute atomic E-state index is 0.365. The highest BCUT2D eigenvalue weighted by molar-refractivity contribution is 5.78. The van der Waals surface area contributed by atoms with Crippen LogP contribution < -0.4 is 4.74 Å². The maximum Gasteiger partial charge on any atom is 0.132 e. The van der Waals surface area contributed by atoms with Crippen molar-refractivity contribution >= 4 is 5.78 Å². The summed E-state index contributed by atoms with van der Waals surface area (Å²) in [6.07, 6.45) is 3.36. The molecule has 23 heavy (non-hydrogen) atoms. The Labute approximate surface area is 142 Å². The van der Waals surface area contributed by atoms with Crippen molar-refractivity contribution in [3.8, 4) is 5.75 Å². The molecule has 0 aliphatic carbocycles. The monoisotopic (exact) mass is 318 g/mol. The van der Waals surface area contributed by atoms with E-state index in [2.05, 4.69) is 52.8 Å². The van der Waals surface area contributed by atoms with Crippen molar-refractivity contribution < 1.29 is 9.53 Å². The highest BCUT2D eigenvalue weighted by Crippen LogP contribution is 2.33. The quantitative estimate of drug-likeness (QED) is 0.521. The van der Waals surface area contributed by atoms with Gasteiger partial charge in [0, 0.05) is 12.8 Å². The molecule has 0 aliphatic rings. The molecular weight excluding hydrogens is 284 g/mol. The number of hydrogen-bond donors (Lipinski definition) is 0. The largest absolute Gasteiger partial charge is 0.493 e. The minimum atomic E-state index is 0.365. The molecule has 1 unspecified atom stereocenters. The fourth-order valence-corrected chi connectivity index (χ4v) is 2.78. The molecule has 0 bridgehead atoms.